The van der Waals surface area contributed by atoms with Crippen LogP contribution >= 0.6 is 24.0 Å². The Labute approximate surface area is 184 Å². The molecule has 1 fully saturated rings. The molecule has 3 aromatic carbocycles. The number of amides is 1. The molecule has 0 unspecified atom stereocenters. The van der Waals surface area contributed by atoms with Crippen LogP contribution in [0.4, 0.5) is 0 Å². The van der Waals surface area contributed by atoms with Gasteiger partial charge in [0.25, 0.3) is 5.91 Å². The molecular weight excluding hydrogens is 410 g/mol. The maximum absolute atomic E-state index is 12.9. The number of furan rings is 1. The van der Waals surface area contributed by atoms with Gasteiger partial charge in [-0.1, -0.05) is 96.8 Å². The van der Waals surface area contributed by atoms with Crippen LogP contribution in [0.15, 0.2) is 94.3 Å². The van der Waals surface area contributed by atoms with Gasteiger partial charge in [-0.2, -0.15) is 0 Å². The van der Waals surface area contributed by atoms with Crippen LogP contribution in [0.5, 0.6) is 0 Å². The zero-order chi connectivity index (χ0) is 20.5. The summed E-state index contributed by atoms with van der Waals surface area (Å²) in [6.45, 7) is 0.474. The number of fused-ring (bicyclic) bond motifs is 1. The summed E-state index contributed by atoms with van der Waals surface area (Å²) in [6.07, 6.45) is 1.78. The molecule has 0 spiro atoms. The topological polar surface area (TPSA) is 33.5 Å². The van der Waals surface area contributed by atoms with Gasteiger partial charge in [-0.15, -0.1) is 0 Å². The number of nitrogens with zero attached hydrogens (tertiary/aromatic N) is 1. The summed E-state index contributed by atoms with van der Waals surface area (Å²) in [5, 5.41) is 2.30. The number of hydrogen-bond acceptors (Lipinski definition) is 4. The Hall–Kier alpha value is -3.15. The fraction of sp³-hybridized carbons (Fsp3) is 0.0400. The van der Waals surface area contributed by atoms with Gasteiger partial charge in [0.1, 0.15) is 15.8 Å². The van der Waals surface area contributed by atoms with E-state index in [1.807, 2.05) is 66.7 Å². The third-order valence-electron chi connectivity index (χ3n) is 5.01. The van der Waals surface area contributed by atoms with E-state index >= 15 is 0 Å². The minimum absolute atomic E-state index is 0.0861. The summed E-state index contributed by atoms with van der Waals surface area (Å²) in [4.78, 5) is 15.1. The Morgan fingerprint density at radius 1 is 0.900 bits per heavy atom. The molecule has 1 aromatic heterocycles. The summed E-state index contributed by atoms with van der Waals surface area (Å²) < 4.78 is 6.64. The molecule has 0 N–H and O–H groups in total. The molecule has 1 saturated heterocycles. The minimum atomic E-state index is -0.0861. The van der Waals surface area contributed by atoms with E-state index in [4.69, 9.17) is 16.6 Å². The van der Waals surface area contributed by atoms with Crippen molar-refractivity contribution in [3.05, 3.63) is 101 Å². The third-order valence-corrected chi connectivity index (χ3v) is 6.39. The van der Waals surface area contributed by atoms with Gasteiger partial charge in [0.15, 0.2) is 0 Å². The molecule has 4 aromatic rings. The van der Waals surface area contributed by atoms with E-state index in [1.165, 1.54) is 11.8 Å². The lowest BCUT2D eigenvalue weighted by atomic mass is 10.0. The zero-order valence-electron chi connectivity index (χ0n) is 15.9. The normalized spacial score (nSPS) is 15.5. The number of rotatable bonds is 4. The zero-order valence-corrected chi connectivity index (χ0v) is 17.6. The highest BCUT2D eigenvalue weighted by molar-refractivity contribution is 8.26. The molecule has 1 aliphatic heterocycles. The summed E-state index contributed by atoms with van der Waals surface area (Å²) in [7, 11) is 0. The maximum Gasteiger partial charge on any atom is 0.266 e. The van der Waals surface area contributed by atoms with Gasteiger partial charge in [-0.3, -0.25) is 9.69 Å². The van der Waals surface area contributed by atoms with Crippen LogP contribution in [0, 0.1) is 0 Å². The Balaban J connectivity index is 1.42. The molecule has 1 amide bonds. The molecule has 30 heavy (non-hydrogen) atoms. The Morgan fingerprint density at radius 2 is 1.67 bits per heavy atom. The van der Waals surface area contributed by atoms with Crippen molar-refractivity contribution in [1.29, 1.82) is 0 Å². The largest absolute Gasteiger partial charge is 0.457 e. The van der Waals surface area contributed by atoms with Crippen molar-refractivity contribution in [2.24, 2.45) is 0 Å². The fourth-order valence-corrected chi connectivity index (χ4v) is 4.78. The lowest BCUT2D eigenvalue weighted by molar-refractivity contribution is -0.122. The Morgan fingerprint density at radius 3 is 2.53 bits per heavy atom. The Kier molecular flexibility index (Phi) is 4.99. The summed E-state index contributed by atoms with van der Waals surface area (Å²) in [5.41, 5.74) is 2.08. The van der Waals surface area contributed by atoms with E-state index in [2.05, 4.69) is 18.2 Å². The van der Waals surface area contributed by atoms with Crippen molar-refractivity contribution in [2.45, 2.75) is 6.54 Å². The van der Waals surface area contributed by atoms with Crippen LogP contribution in [-0.4, -0.2) is 15.1 Å². The molecule has 2 heterocycles. The number of carbonyl (C=O) groups excluding carboxylic acids is 1. The summed E-state index contributed by atoms with van der Waals surface area (Å²) in [6, 6.07) is 28.1. The summed E-state index contributed by atoms with van der Waals surface area (Å²) in [5.74, 6) is 1.33. The second kappa shape index (κ2) is 7.94. The molecule has 146 valence electrons. The number of hydrogen-bond donors (Lipinski definition) is 0. The first kappa shape index (κ1) is 18.9. The van der Waals surface area contributed by atoms with Gasteiger partial charge in [-0.25, -0.2) is 0 Å². The molecule has 0 saturated carbocycles. The molecule has 5 heteroatoms. The highest BCUT2D eigenvalue weighted by Gasteiger charge is 2.32. The van der Waals surface area contributed by atoms with E-state index in [9.17, 15) is 4.79 Å². The van der Waals surface area contributed by atoms with Crippen molar-refractivity contribution < 1.29 is 9.21 Å². The van der Waals surface area contributed by atoms with E-state index in [0.29, 0.717) is 21.5 Å². The maximum atomic E-state index is 12.9. The molecule has 0 atom stereocenters. The van der Waals surface area contributed by atoms with Gasteiger partial charge in [-0.05, 0) is 28.5 Å². The monoisotopic (exact) mass is 427 g/mol. The van der Waals surface area contributed by atoms with Gasteiger partial charge < -0.3 is 4.42 Å². The second-order valence-corrected chi connectivity index (χ2v) is 8.66. The highest BCUT2D eigenvalue weighted by Crippen LogP contribution is 2.35. The van der Waals surface area contributed by atoms with E-state index in [-0.39, 0.29) is 5.91 Å². The lowest BCUT2D eigenvalue weighted by Gasteiger charge is -2.14. The van der Waals surface area contributed by atoms with Crippen LogP contribution in [0.2, 0.25) is 0 Å². The van der Waals surface area contributed by atoms with Crippen molar-refractivity contribution in [3.8, 4) is 11.3 Å². The van der Waals surface area contributed by atoms with Crippen molar-refractivity contribution in [2.75, 3.05) is 0 Å². The molecule has 0 bridgehead atoms. The molecular formula is C25H17NO2S2. The second-order valence-electron chi connectivity index (χ2n) is 6.98. The molecule has 5 rings (SSSR count). The van der Waals surface area contributed by atoms with Crippen LogP contribution in [0.1, 0.15) is 11.3 Å². The predicted molar refractivity (Wildman–Crippen MR) is 127 cm³/mol. The molecule has 0 aliphatic carbocycles. The van der Waals surface area contributed by atoms with Gasteiger partial charge in [0.05, 0.1) is 11.4 Å². The third kappa shape index (κ3) is 3.58. The first-order valence-corrected chi connectivity index (χ1v) is 10.8. The smallest absolute Gasteiger partial charge is 0.266 e. The van der Waals surface area contributed by atoms with E-state index in [1.54, 1.807) is 11.0 Å². The predicted octanol–water partition coefficient (Wildman–Crippen LogP) is 6.50. The average molecular weight is 428 g/mol. The van der Waals surface area contributed by atoms with Crippen LogP contribution in [0.25, 0.3) is 28.2 Å². The Bertz CT molecular complexity index is 1290. The minimum Gasteiger partial charge on any atom is -0.457 e. The molecule has 1 aliphatic rings. The quantitative estimate of drug-likeness (QED) is 0.275. The molecule has 3 nitrogen and oxygen atoms in total. The fourth-order valence-electron chi connectivity index (χ4n) is 3.55. The van der Waals surface area contributed by atoms with E-state index in [0.717, 1.165) is 27.7 Å². The lowest BCUT2D eigenvalue weighted by Crippen LogP contribution is -2.27. The van der Waals surface area contributed by atoms with Gasteiger partial charge in [0, 0.05) is 11.6 Å². The number of carbonyl (C=O) groups is 1. The van der Waals surface area contributed by atoms with Crippen molar-refractivity contribution in [3.63, 3.8) is 0 Å². The van der Waals surface area contributed by atoms with E-state index < -0.39 is 0 Å². The number of benzene rings is 3. The van der Waals surface area contributed by atoms with Gasteiger partial charge in [0.2, 0.25) is 0 Å². The SMILES string of the molecule is O=C1/C(=C\c2ccc(-c3cccc4ccccc34)o2)SC(=S)N1Cc1ccccc1. The van der Waals surface area contributed by atoms with Crippen LogP contribution in [0.3, 0.4) is 0 Å². The first-order chi connectivity index (χ1) is 14.7. The summed E-state index contributed by atoms with van der Waals surface area (Å²) >= 11 is 6.75. The highest BCUT2D eigenvalue weighted by atomic mass is 32.2. The van der Waals surface area contributed by atoms with Gasteiger partial charge >= 0.3 is 0 Å². The first-order valence-electron chi connectivity index (χ1n) is 9.56. The van der Waals surface area contributed by atoms with Crippen molar-refractivity contribution in [1.82, 2.24) is 4.90 Å². The number of thioether (sulfide) groups is 1. The van der Waals surface area contributed by atoms with Crippen LogP contribution in [-0.2, 0) is 11.3 Å². The standard InChI is InChI=1S/C25H17NO2S2/c27-24-23(30-25(29)26(24)16-17-7-2-1-3-8-17)15-19-13-14-22(28-19)21-12-6-10-18-9-4-5-11-20(18)21/h1-15H,16H2/b23-15+. The van der Waals surface area contributed by atoms with Crippen LogP contribution < -0.4 is 0 Å². The number of thiocarbonyl (C=S) groups is 1. The average Bonchev–Trinajstić information content (AvgIpc) is 3.34. The van der Waals surface area contributed by atoms with Crippen molar-refractivity contribution >= 4 is 51.1 Å². The molecule has 0 radical (unpaired) electrons.